The summed E-state index contributed by atoms with van der Waals surface area (Å²) in [5.41, 5.74) is 2.83. The largest absolute Gasteiger partial charge is 0.285 e. The first-order chi connectivity index (χ1) is 8.74. The van der Waals surface area contributed by atoms with Crippen LogP contribution in [0.2, 0.25) is 0 Å². The van der Waals surface area contributed by atoms with Gasteiger partial charge in [0.05, 0.1) is 0 Å². The molecule has 0 spiro atoms. The lowest BCUT2D eigenvalue weighted by Gasteiger charge is -2.03. The van der Waals surface area contributed by atoms with Crippen molar-refractivity contribution in [3.8, 4) is 0 Å². The number of fused-ring (bicyclic) bond motifs is 1. The Morgan fingerprint density at radius 3 is 3.00 bits per heavy atom. The molecule has 0 N–H and O–H groups in total. The van der Waals surface area contributed by atoms with Gasteiger partial charge in [-0.05, 0) is 37.0 Å². The highest BCUT2D eigenvalue weighted by Crippen LogP contribution is 2.20. The van der Waals surface area contributed by atoms with Gasteiger partial charge in [0.2, 0.25) is 11.6 Å². The maximum Gasteiger partial charge on any atom is 0.230 e. The monoisotopic (exact) mass is 302 g/mol. The molecule has 2 aromatic rings. The summed E-state index contributed by atoms with van der Waals surface area (Å²) in [5, 5.41) is 0. The summed E-state index contributed by atoms with van der Waals surface area (Å²) in [5.74, 6) is 0.180. The fourth-order valence-corrected chi connectivity index (χ4v) is 2.58. The van der Waals surface area contributed by atoms with Crippen LogP contribution < -0.4 is 0 Å². The molecule has 1 aromatic heterocycles. The first-order valence-corrected chi connectivity index (χ1v) is 6.68. The summed E-state index contributed by atoms with van der Waals surface area (Å²) >= 11 is 3.36. The molecule has 90 valence electrons. The van der Waals surface area contributed by atoms with E-state index in [1.54, 1.807) is 18.3 Å². The third-order valence-corrected chi connectivity index (χ3v) is 3.60. The molecule has 0 atom stereocenters. The van der Waals surface area contributed by atoms with Crippen molar-refractivity contribution in [3.05, 3.63) is 57.6 Å². The number of benzene rings is 1. The van der Waals surface area contributed by atoms with Crippen molar-refractivity contribution in [1.82, 2.24) is 9.97 Å². The van der Waals surface area contributed by atoms with Crippen LogP contribution in [-0.2, 0) is 12.8 Å². The quantitative estimate of drug-likeness (QED) is 0.801. The predicted molar refractivity (Wildman–Crippen MR) is 71.6 cm³/mol. The molecule has 0 saturated heterocycles. The molecular formula is C14H11BrN2O. The number of aromatic nitrogens is 2. The number of hydrogen-bond acceptors (Lipinski definition) is 3. The highest BCUT2D eigenvalue weighted by Gasteiger charge is 2.18. The summed E-state index contributed by atoms with van der Waals surface area (Å²) in [6, 6.07) is 7.30. The average molecular weight is 303 g/mol. The van der Waals surface area contributed by atoms with Gasteiger partial charge in [0.15, 0.2) is 0 Å². The number of hydrogen-bond donors (Lipinski definition) is 0. The van der Waals surface area contributed by atoms with Crippen molar-refractivity contribution in [2.45, 2.75) is 19.3 Å². The lowest BCUT2D eigenvalue weighted by molar-refractivity contribution is 0.102. The molecule has 0 amide bonds. The molecule has 1 aromatic carbocycles. The second kappa shape index (κ2) is 4.61. The molecule has 0 bridgehead atoms. The Balaban J connectivity index is 1.98. The van der Waals surface area contributed by atoms with Crippen LogP contribution in [0.4, 0.5) is 0 Å². The van der Waals surface area contributed by atoms with E-state index in [9.17, 15) is 4.79 Å². The first-order valence-electron chi connectivity index (χ1n) is 5.89. The standard InChI is InChI=1S/C14H11BrN2O/c15-11-5-1-3-9(7-11)13(18)14-16-8-10-4-2-6-12(10)17-14/h1,3,5,7-8H,2,4,6H2. The summed E-state index contributed by atoms with van der Waals surface area (Å²) in [7, 11) is 0. The molecule has 0 unspecified atom stereocenters. The molecule has 1 aliphatic rings. The Bertz CT molecular complexity index is 625. The zero-order chi connectivity index (χ0) is 12.5. The zero-order valence-electron chi connectivity index (χ0n) is 9.69. The second-order valence-electron chi connectivity index (χ2n) is 4.36. The van der Waals surface area contributed by atoms with E-state index in [0.29, 0.717) is 11.4 Å². The lowest BCUT2D eigenvalue weighted by Crippen LogP contribution is -2.09. The average Bonchev–Trinajstić information content (AvgIpc) is 2.85. The Labute approximate surface area is 113 Å². The zero-order valence-corrected chi connectivity index (χ0v) is 11.3. The van der Waals surface area contributed by atoms with Gasteiger partial charge in [-0.2, -0.15) is 0 Å². The molecule has 3 nitrogen and oxygen atoms in total. The van der Waals surface area contributed by atoms with Crippen LogP contribution in [0.25, 0.3) is 0 Å². The van der Waals surface area contributed by atoms with E-state index in [-0.39, 0.29) is 5.78 Å². The predicted octanol–water partition coefficient (Wildman–Crippen LogP) is 2.96. The number of halogens is 1. The van der Waals surface area contributed by atoms with Crippen molar-refractivity contribution >= 4 is 21.7 Å². The molecule has 0 aliphatic heterocycles. The number of ketones is 1. The van der Waals surface area contributed by atoms with Gasteiger partial charge in [-0.1, -0.05) is 28.1 Å². The molecule has 4 heteroatoms. The Morgan fingerprint density at radius 2 is 2.17 bits per heavy atom. The van der Waals surface area contributed by atoms with Gasteiger partial charge in [-0.15, -0.1) is 0 Å². The SMILES string of the molecule is O=C(c1cccc(Br)c1)c1ncc2c(n1)CCC2. The summed E-state index contributed by atoms with van der Waals surface area (Å²) in [6.45, 7) is 0. The summed E-state index contributed by atoms with van der Waals surface area (Å²) < 4.78 is 0.884. The topological polar surface area (TPSA) is 42.9 Å². The van der Waals surface area contributed by atoms with Gasteiger partial charge in [-0.3, -0.25) is 4.79 Å². The molecule has 1 heterocycles. The number of carbonyl (C=O) groups is 1. The minimum Gasteiger partial charge on any atom is -0.285 e. The summed E-state index contributed by atoms with van der Waals surface area (Å²) in [6.07, 6.45) is 4.89. The van der Waals surface area contributed by atoms with E-state index >= 15 is 0 Å². The van der Waals surface area contributed by atoms with Crippen LogP contribution in [-0.4, -0.2) is 15.8 Å². The van der Waals surface area contributed by atoms with Crippen molar-refractivity contribution in [1.29, 1.82) is 0 Å². The first kappa shape index (κ1) is 11.5. The van der Waals surface area contributed by atoms with E-state index in [4.69, 9.17) is 0 Å². The van der Waals surface area contributed by atoms with E-state index < -0.39 is 0 Å². The smallest absolute Gasteiger partial charge is 0.230 e. The highest BCUT2D eigenvalue weighted by molar-refractivity contribution is 9.10. The molecular weight excluding hydrogens is 292 g/mol. The van der Waals surface area contributed by atoms with Gasteiger partial charge >= 0.3 is 0 Å². The van der Waals surface area contributed by atoms with Crippen molar-refractivity contribution in [2.75, 3.05) is 0 Å². The number of nitrogens with zero attached hydrogens (tertiary/aromatic N) is 2. The fourth-order valence-electron chi connectivity index (χ4n) is 2.18. The van der Waals surface area contributed by atoms with Crippen LogP contribution in [0.3, 0.4) is 0 Å². The molecule has 18 heavy (non-hydrogen) atoms. The molecule has 3 rings (SSSR count). The minimum absolute atomic E-state index is 0.119. The van der Waals surface area contributed by atoms with Gasteiger partial charge in [0.25, 0.3) is 0 Å². The lowest BCUT2D eigenvalue weighted by atomic mass is 10.1. The maximum absolute atomic E-state index is 12.3. The highest BCUT2D eigenvalue weighted by atomic mass is 79.9. The van der Waals surface area contributed by atoms with E-state index in [1.165, 1.54) is 5.56 Å². The summed E-state index contributed by atoms with van der Waals surface area (Å²) in [4.78, 5) is 20.8. The maximum atomic E-state index is 12.3. The van der Waals surface area contributed by atoms with Crippen molar-refractivity contribution < 1.29 is 4.79 Å². The van der Waals surface area contributed by atoms with Crippen LogP contribution in [0, 0.1) is 0 Å². The number of aryl methyl sites for hydroxylation is 2. The molecule has 0 saturated carbocycles. The molecule has 0 radical (unpaired) electrons. The molecule has 0 fully saturated rings. The van der Waals surface area contributed by atoms with E-state index in [2.05, 4.69) is 25.9 Å². The van der Waals surface area contributed by atoms with Crippen LogP contribution in [0.15, 0.2) is 34.9 Å². The van der Waals surface area contributed by atoms with Gasteiger partial charge in [0.1, 0.15) is 0 Å². The van der Waals surface area contributed by atoms with E-state index in [1.807, 2.05) is 12.1 Å². The Hall–Kier alpha value is -1.55. The third-order valence-electron chi connectivity index (χ3n) is 3.10. The molecule has 1 aliphatic carbocycles. The normalized spacial score (nSPS) is 13.4. The van der Waals surface area contributed by atoms with Gasteiger partial charge in [0, 0.05) is 21.9 Å². The Kier molecular flexibility index (Phi) is 2.96. The number of rotatable bonds is 2. The van der Waals surface area contributed by atoms with Crippen molar-refractivity contribution in [3.63, 3.8) is 0 Å². The van der Waals surface area contributed by atoms with Crippen LogP contribution in [0.5, 0.6) is 0 Å². The van der Waals surface area contributed by atoms with Crippen LogP contribution >= 0.6 is 15.9 Å². The number of carbonyl (C=O) groups excluding carboxylic acids is 1. The minimum atomic E-state index is -0.119. The second-order valence-corrected chi connectivity index (χ2v) is 5.27. The van der Waals surface area contributed by atoms with E-state index in [0.717, 1.165) is 29.4 Å². The third kappa shape index (κ3) is 2.08. The fraction of sp³-hybridized carbons (Fsp3) is 0.214. The van der Waals surface area contributed by atoms with Gasteiger partial charge < -0.3 is 0 Å². The Morgan fingerprint density at radius 1 is 1.28 bits per heavy atom. The van der Waals surface area contributed by atoms with Crippen LogP contribution in [0.1, 0.15) is 33.9 Å². The van der Waals surface area contributed by atoms with Gasteiger partial charge in [-0.25, -0.2) is 9.97 Å². The van der Waals surface area contributed by atoms with Crippen molar-refractivity contribution in [2.24, 2.45) is 0 Å².